The first-order chi connectivity index (χ1) is 12.2. The Bertz CT molecular complexity index is 826. The van der Waals surface area contributed by atoms with Gasteiger partial charge in [-0.15, -0.1) is 0 Å². The number of rotatable bonds is 7. The molecule has 2 amide bonds. The van der Waals surface area contributed by atoms with Crippen molar-refractivity contribution in [2.24, 2.45) is 0 Å². The molecule has 0 atom stereocenters. The molecule has 2 aromatic heterocycles. The van der Waals surface area contributed by atoms with Gasteiger partial charge in [-0.25, -0.2) is 0 Å². The molecule has 0 aliphatic carbocycles. The molecule has 0 saturated carbocycles. The van der Waals surface area contributed by atoms with Crippen molar-refractivity contribution in [1.82, 2.24) is 5.32 Å². The predicted molar refractivity (Wildman–Crippen MR) is 92.1 cm³/mol. The molecule has 3 rings (SSSR count). The highest BCUT2D eigenvalue weighted by Gasteiger charge is 2.09. The Kier molecular flexibility index (Phi) is 5.28. The fourth-order valence-electron chi connectivity index (χ4n) is 2.19. The second kappa shape index (κ2) is 7.98. The standard InChI is InChI=1S/C18H17N3O4/c22-17(12-19-11-15-6-2-8-24-15)20-13-4-1-5-14(10-13)21-18(23)16-7-3-9-25-16/h1-10,19H,11-12H2,(H,20,22)(H,21,23). The summed E-state index contributed by atoms with van der Waals surface area (Å²) in [6.07, 6.45) is 3.01. The van der Waals surface area contributed by atoms with Crippen LogP contribution in [0.4, 0.5) is 11.4 Å². The summed E-state index contributed by atoms with van der Waals surface area (Å²) >= 11 is 0. The summed E-state index contributed by atoms with van der Waals surface area (Å²) < 4.78 is 10.2. The van der Waals surface area contributed by atoms with Crippen molar-refractivity contribution in [2.45, 2.75) is 6.54 Å². The van der Waals surface area contributed by atoms with Gasteiger partial charge in [-0.3, -0.25) is 9.59 Å². The van der Waals surface area contributed by atoms with Crippen LogP contribution in [-0.2, 0) is 11.3 Å². The van der Waals surface area contributed by atoms with E-state index in [2.05, 4.69) is 16.0 Å². The number of carbonyl (C=O) groups is 2. The van der Waals surface area contributed by atoms with E-state index >= 15 is 0 Å². The number of furan rings is 2. The smallest absolute Gasteiger partial charge is 0.291 e. The highest BCUT2D eigenvalue weighted by molar-refractivity contribution is 6.02. The molecule has 0 saturated heterocycles. The SMILES string of the molecule is O=C(CNCc1ccco1)Nc1cccc(NC(=O)c2ccco2)c1. The second-order valence-electron chi connectivity index (χ2n) is 5.24. The topological polar surface area (TPSA) is 96.5 Å². The first kappa shape index (κ1) is 16.5. The van der Waals surface area contributed by atoms with Crippen LogP contribution in [0.15, 0.2) is 69.9 Å². The molecule has 128 valence electrons. The maximum Gasteiger partial charge on any atom is 0.291 e. The number of amides is 2. The lowest BCUT2D eigenvalue weighted by Crippen LogP contribution is -2.27. The molecule has 3 N–H and O–H groups in total. The average Bonchev–Trinajstić information content (AvgIpc) is 3.29. The molecule has 0 fully saturated rings. The number of benzene rings is 1. The van der Waals surface area contributed by atoms with Crippen LogP contribution in [0.2, 0.25) is 0 Å². The quantitative estimate of drug-likeness (QED) is 0.615. The fraction of sp³-hybridized carbons (Fsp3) is 0.111. The minimum atomic E-state index is -0.353. The lowest BCUT2D eigenvalue weighted by Gasteiger charge is -2.08. The minimum absolute atomic E-state index is 0.143. The number of carbonyl (C=O) groups excluding carboxylic acids is 2. The Morgan fingerprint density at radius 1 is 0.880 bits per heavy atom. The van der Waals surface area contributed by atoms with E-state index in [1.165, 1.54) is 6.26 Å². The minimum Gasteiger partial charge on any atom is -0.468 e. The number of hydrogen-bond acceptors (Lipinski definition) is 5. The highest BCUT2D eigenvalue weighted by atomic mass is 16.3. The van der Waals surface area contributed by atoms with Crippen molar-refractivity contribution in [3.8, 4) is 0 Å². The summed E-state index contributed by atoms with van der Waals surface area (Å²) in [7, 11) is 0. The maximum absolute atomic E-state index is 12.0. The molecule has 7 nitrogen and oxygen atoms in total. The number of anilines is 2. The van der Waals surface area contributed by atoms with Crippen LogP contribution in [0.3, 0.4) is 0 Å². The Balaban J connectivity index is 1.50. The zero-order valence-electron chi connectivity index (χ0n) is 13.3. The van der Waals surface area contributed by atoms with Crippen LogP contribution < -0.4 is 16.0 Å². The molecule has 0 radical (unpaired) electrons. The summed E-state index contributed by atoms with van der Waals surface area (Å²) in [6.45, 7) is 0.614. The zero-order chi connectivity index (χ0) is 17.5. The summed E-state index contributed by atoms with van der Waals surface area (Å²) in [6, 6.07) is 13.7. The first-order valence-corrected chi connectivity index (χ1v) is 7.68. The molecular weight excluding hydrogens is 322 g/mol. The maximum atomic E-state index is 12.0. The van der Waals surface area contributed by atoms with Gasteiger partial charge in [0.05, 0.1) is 25.6 Å². The van der Waals surface area contributed by atoms with Gasteiger partial charge in [-0.2, -0.15) is 0 Å². The van der Waals surface area contributed by atoms with Crippen LogP contribution in [0.25, 0.3) is 0 Å². The van der Waals surface area contributed by atoms with Crippen LogP contribution in [-0.4, -0.2) is 18.4 Å². The van der Waals surface area contributed by atoms with E-state index in [0.717, 1.165) is 5.76 Å². The van der Waals surface area contributed by atoms with Crippen LogP contribution in [0, 0.1) is 0 Å². The van der Waals surface area contributed by atoms with Gasteiger partial charge in [0.25, 0.3) is 5.91 Å². The van der Waals surface area contributed by atoms with E-state index in [-0.39, 0.29) is 24.1 Å². The van der Waals surface area contributed by atoms with Crippen molar-refractivity contribution in [1.29, 1.82) is 0 Å². The molecule has 3 aromatic rings. The van der Waals surface area contributed by atoms with Gasteiger partial charge in [-0.1, -0.05) is 6.07 Å². The van der Waals surface area contributed by atoms with Gasteiger partial charge < -0.3 is 24.8 Å². The van der Waals surface area contributed by atoms with Crippen LogP contribution in [0.1, 0.15) is 16.3 Å². The lowest BCUT2D eigenvalue weighted by molar-refractivity contribution is -0.115. The van der Waals surface area contributed by atoms with Crippen molar-refractivity contribution >= 4 is 23.2 Å². The molecule has 0 aliphatic heterocycles. The molecule has 7 heteroatoms. The van der Waals surface area contributed by atoms with E-state index in [9.17, 15) is 9.59 Å². The molecular formula is C18H17N3O4. The summed E-state index contributed by atoms with van der Waals surface area (Å²) in [4.78, 5) is 23.9. The van der Waals surface area contributed by atoms with Gasteiger partial charge in [0.1, 0.15) is 5.76 Å². The Morgan fingerprint density at radius 3 is 2.36 bits per heavy atom. The van der Waals surface area contributed by atoms with Crippen molar-refractivity contribution < 1.29 is 18.4 Å². The van der Waals surface area contributed by atoms with E-state index in [4.69, 9.17) is 8.83 Å². The Morgan fingerprint density at radius 2 is 1.64 bits per heavy atom. The molecule has 2 heterocycles. The van der Waals surface area contributed by atoms with Gasteiger partial charge >= 0.3 is 0 Å². The van der Waals surface area contributed by atoms with Gasteiger partial charge in [0, 0.05) is 11.4 Å². The van der Waals surface area contributed by atoms with Gasteiger partial charge in [0.15, 0.2) is 5.76 Å². The molecule has 25 heavy (non-hydrogen) atoms. The third kappa shape index (κ3) is 4.82. The Labute approximate surface area is 144 Å². The van der Waals surface area contributed by atoms with Crippen molar-refractivity contribution in [3.63, 3.8) is 0 Å². The molecule has 0 unspecified atom stereocenters. The summed E-state index contributed by atoms with van der Waals surface area (Å²) in [5.41, 5.74) is 1.14. The third-order valence-electron chi connectivity index (χ3n) is 3.31. The van der Waals surface area contributed by atoms with Crippen LogP contribution >= 0.6 is 0 Å². The normalized spacial score (nSPS) is 10.4. The molecule has 0 bridgehead atoms. The summed E-state index contributed by atoms with van der Waals surface area (Å²) in [5.74, 6) is 0.432. The molecule has 1 aromatic carbocycles. The Hall–Kier alpha value is -3.32. The molecule has 0 spiro atoms. The average molecular weight is 339 g/mol. The predicted octanol–water partition coefficient (Wildman–Crippen LogP) is 2.85. The van der Waals surface area contributed by atoms with Gasteiger partial charge in [-0.05, 0) is 42.5 Å². The largest absolute Gasteiger partial charge is 0.468 e. The first-order valence-electron chi connectivity index (χ1n) is 7.68. The van der Waals surface area contributed by atoms with Crippen molar-refractivity contribution in [3.05, 3.63) is 72.6 Å². The van der Waals surface area contributed by atoms with E-state index in [1.807, 2.05) is 6.07 Å². The van der Waals surface area contributed by atoms with E-state index < -0.39 is 0 Å². The highest BCUT2D eigenvalue weighted by Crippen LogP contribution is 2.16. The monoisotopic (exact) mass is 339 g/mol. The van der Waals surface area contributed by atoms with E-state index in [0.29, 0.717) is 17.9 Å². The fourth-order valence-corrected chi connectivity index (χ4v) is 2.19. The van der Waals surface area contributed by atoms with Gasteiger partial charge in [0.2, 0.25) is 5.91 Å². The third-order valence-corrected chi connectivity index (χ3v) is 3.31. The summed E-state index contributed by atoms with van der Waals surface area (Å²) in [5, 5.41) is 8.46. The molecule has 0 aliphatic rings. The zero-order valence-corrected chi connectivity index (χ0v) is 13.3. The van der Waals surface area contributed by atoms with E-state index in [1.54, 1.807) is 48.7 Å². The van der Waals surface area contributed by atoms with Crippen molar-refractivity contribution in [2.75, 3.05) is 17.2 Å². The number of hydrogen-bond donors (Lipinski definition) is 3. The number of nitrogens with one attached hydrogen (secondary N) is 3. The lowest BCUT2D eigenvalue weighted by atomic mass is 10.2. The van der Waals surface area contributed by atoms with Crippen LogP contribution in [0.5, 0.6) is 0 Å². The second-order valence-corrected chi connectivity index (χ2v) is 5.24.